The van der Waals surface area contributed by atoms with Crippen molar-refractivity contribution in [2.45, 2.75) is 147 Å². The van der Waals surface area contributed by atoms with Gasteiger partial charge in [0.15, 0.2) is 0 Å². The normalized spacial score (nSPS) is 13.8. The van der Waals surface area contributed by atoms with E-state index in [2.05, 4.69) is 13.8 Å². The van der Waals surface area contributed by atoms with E-state index in [-0.39, 0.29) is 57.8 Å². The van der Waals surface area contributed by atoms with Crippen molar-refractivity contribution < 1.29 is 69.5 Å². The molecule has 0 amide bonds. The van der Waals surface area contributed by atoms with Crippen LogP contribution in [0.25, 0.3) is 0 Å². The standard InChI is InChI=1S/C23H48O4S.K/c1-3-5-7-9-11-13-15-17-19-22(24)21-23(28(25,26)27)20-18-16-14-12-10-8-6-4-2;/h22-24H,3-21H2,1-2H3,(H,25,26,27);/q;+1/p-1. The third-order valence-electron chi connectivity index (χ3n) is 5.71. The molecule has 0 heterocycles. The molecule has 0 aliphatic rings. The molecule has 0 aliphatic carbocycles. The Labute approximate surface area is 224 Å². The molecule has 4 nitrogen and oxygen atoms in total. The zero-order chi connectivity index (χ0) is 21.1. The molecule has 2 unspecified atom stereocenters. The van der Waals surface area contributed by atoms with E-state index in [9.17, 15) is 18.1 Å². The first kappa shape index (κ1) is 32.7. The average Bonchev–Trinajstić information content (AvgIpc) is 2.64. The summed E-state index contributed by atoms with van der Waals surface area (Å²) in [5.41, 5.74) is 0. The zero-order valence-electron chi connectivity index (χ0n) is 19.7. The summed E-state index contributed by atoms with van der Waals surface area (Å²) in [7, 11) is -4.32. The topological polar surface area (TPSA) is 77.4 Å². The van der Waals surface area contributed by atoms with Crippen molar-refractivity contribution in [2.24, 2.45) is 0 Å². The van der Waals surface area contributed by atoms with E-state index in [1.165, 1.54) is 70.6 Å². The van der Waals surface area contributed by atoms with Gasteiger partial charge >= 0.3 is 51.4 Å². The monoisotopic (exact) mass is 458 g/mol. The summed E-state index contributed by atoms with van der Waals surface area (Å²) in [5, 5.41) is 9.26. The van der Waals surface area contributed by atoms with Crippen LogP contribution in [0.3, 0.4) is 0 Å². The van der Waals surface area contributed by atoms with E-state index in [1.54, 1.807) is 0 Å². The van der Waals surface area contributed by atoms with Crippen LogP contribution in [0.2, 0.25) is 0 Å². The van der Waals surface area contributed by atoms with Crippen LogP contribution in [0.5, 0.6) is 0 Å². The van der Waals surface area contributed by atoms with Crippen molar-refractivity contribution >= 4 is 10.1 Å². The van der Waals surface area contributed by atoms with Crippen molar-refractivity contribution in [3.63, 3.8) is 0 Å². The number of aliphatic hydroxyl groups excluding tert-OH is 1. The van der Waals surface area contributed by atoms with Crippen LogP contribution in [-0.4, -0.2) is 29.4 Å². The molecule has 0 saturated carbocycles. The molecule has 0 aromatic heterocycles. The number of rotatable bonds is 21. The Morgan fingerprint density at radius 1 is 0.655 bits per heavy atom. The number of hydrogen-bond acceptors (Lipinski definition) is 4. The molecule has 0 bridgehead atoms. The maximum absolute atomic E-state index is 11.5. The molecule has 0 fully saturated rings. The van der Waals surface area contributed by atoms with Crippen molar-refractivity contribution in [1.29, 1.82) is 0 Å². The fourth-order valence-corrected chi connectivity index (χ4v) is 4.73. The van der Waals surface area contributed by atoms with Crippen LogP contribution in [-0.2, 0) is 10.1 Å². The molecule has 0 spiro atoms. The van der Waals surface area contributed by atoms with Gasteiger partial charge in [0.1, 0.15) is 0 Å². The first-order chi connectivity index (χ1) is 13.4. The smallest absolute Gasteiger partial charge is 0.748 e. The summed E-state index contributed by atoms with van der Waals surface area (Å²) >= 11 is 0. The third kappa shape index (κ3) is 22.5. The Morgan fingerprint density at radius 3 is 1.38 bits per heavy atom. The number of hydrogen-bond donors (Lipinski definition) is 1. The van der Waals surface area contributed by atoms with Crippen LogP contribution in [0.1, 0.15) is 136 Å². The second-order valence-electron chi connectivity index (χ2n) is 8.53. The fraction of sp³-hybridized carbons (Fsp3) is 1.00. The van der Waals surface area contributed by atoms with Gasteiger partial charge in [-0.2, -0.15) is 0 Å². The van der Waals surface area contributed by atoms with Crippen LogP contribution >= 0.6 is 0 Å². The zero-order valence-corrected chi connectivity index (χ0v) is 23.6. The minimum atomic E-state index is -4.32. The van der Waals surface area contributed by atoms with Crippen molar-refractivity contribution in [2.75, 3.05) is 0 Å². The molecular weight excluding hydrogens is 411 g/mol. The largest absolute Gasteiger partial charge is 1.00 e. The Kier molecular flexibility index (Phi) is 25.6. The Hall–Kier alpha value is 1.51. The van der Waals surface area contributed by atoms with Gasteiger partial charge in [-0.1, -0.05) is 117 Å². The van der Waals surface area contributed by atoms with E-state index in [1.807, 2.05) is 0 Å². The van der Waals surface area contributed by atoms with E-state index in [0.29, 0.717) is 12.8 Å². The molecule has 2 atom stereocenters. The predicted molar refractivity (Wildman–Crippen MR) is 119 cm³/mol. The van der Waals surface area contributed by atoms with Gasteiger partial charge in [0, 0.05) is 0 Å². The summed E-state index contributed by atoms with van der Waals surface area (Å²) in [5.74, 6) is 0. The van der Waals surface area contributed by atoms with E-state index in [0.717, 1.165) is 32.1 Å². The summed E-state index contributed by atoms with van der Waals surface area (Å²) in [6.07, 6.45) is 19.1. The molecular formula is C23H47KO4S. The van der Waals surface area contributed by atoms with Gasteiger partial charge in [-0.15, -0.1) is 0 Å². The quantitative estimate of drug-likeness (QED) is 0.162. The van der Waals surface area contributed by atoms with Crippen molar-refractivity contribution in [3.05, 3.63) is 0 Å². The molecule has 0 radical (unpaired) electrons. The third-order valence-corrected chi connectivity index (χ3v) is 6.96. The van der Waals surface area contributed by atoms with E-state index < -0.39 is 21.5 Å². The second-order valence-corrected chi connectivity index (χ2v) is 10.2. The van der Waals surface area contributed by atoms with Gasteiger partial charge in [-0.3, -0.25) is 0 Å². The molecule has 0 aromatic carbocycles. The molecule has 0 aromatic rings. The molecule has 0 aliphatic heterocycles. The number of unbranched alkanes of at least 4 members (excludes halogenated alkanes) is 14. The van der Waals surface area contributed by atoms with Gasteiger partial charge in [0.2, 0.25) is 0 Å². The number of aliphatic hydroxyl groups is 1. The first-order valence-corrected chi connectivity index (χ1v) is 13.5. The molecule has 29 heavy (non-hydrogen) atoms. The van der Waals surface area contributed by atoms with Gasteiger partial charge in [-0.05, 0) is 19.3 Å². The molecule has 1 N–H and O–H groups in total. The Balaban J connectivity index is 0. The summed E-state index contributed by atoms with van der Waals surface area (Å²) in [6, 6.07) is 0. The van der Waals surface area contributed by atoms with Crippen LogP contribution < -0.4 is 51.4 Å². The maximum atomic E-state index is 11.5. The average molecular weight is 459 g/mol. The molecule has 0 rings (SSSR count). The van der Waals surface area contributed by atoms with Crippen LogP contribution in [0, 0.1) is 0 Å². The SMILES string of the molecule is CCCCCCCCCCC(O)CC(CCCCCCCCCC)S(=O)(=O)[O-].[K+]. The second kappa shape index (κ2) is 22.7. The van der Waals surface area contributed by atoms with E-state index in [4.69, 9.17) is 0 Å². The molecule has 0 saturated heterocycles. The molecule has 170 valence electrons. The van der Waals surface area contributed by atoms with Crippen molar-refractivity contribution in [1.82, 2.24) is 0 Å². The first-order valence-electron chi connectivity index (χ1n) is 12.0. The summed E-state index contributed by atoms with van der Waals surface area (Å²) in [6.45, 7) is 4.41. The van der Waals surface area contributed by atoms with E-state index >= 15 is 0 Å². The predicted octanol–water partition coefficient (Wildman–Crippen LogP) is 3.72. The molecule has 6 heteroatoms. The minimum absolute atomic E-state index is 0. The fourth-order valence-electron chi connectivity index (χ4n) is 3.82. The van der Waals surface area contributed by atoms with Gasteiger partial charge in [0.05, 0.1) is 21.5 Å². The maximum Gasteiger partial charge on any atom is 1.00 e. The van der Waals surface area contributed by atoms with Gasteiger partial charge in [0.25, 0.3) is 0 Å². The summed E-state index contributed by atoms with van der Waals surface area (Å²) in [4.78, 5) is 0. The van der Waals surface area contributed by atoms with Gasteiger partial charge in [-0.25, -0.2) is 8.42 Å². The van der Waals surface area contributed by atoms with Crippen LogP contribution in [0.4, 0.5) is 0 Å². The van der Waals surface area contributed by atoms with Gasteiger partial charge < -0.3 is 9.66 Å². The Bertz CT molecular complexity index is 429. The van der Waals surface area contributed by atoms with Crippen LogP contribution in [0.15, 0.2) is 0 Å². The Morgan fingerprint density at radius 2 is 1.00 bits per heavy atom. The van der Waals surface area contributed by atoms with Crippen molar-refractivity contribution in [3.8, 4) is 0 Å². The minimum Gasteiger partial charge on any atom is -0.748 e. The summed E-state index contributed by atoms with van der Waals surface area (Å²) < 4.78 is 34.6.